The van der Waals surface area contributed by atoms with E-state index in [1.165, 1.54) is 4.90 Å². The van der Waals surface area contributed by atoms with Crippen LogP contribution in [-0.2, 0) is 9.59 Å². The molecule has 0 amide bonds. The zero-order chi connectivity index (χ0) is 15.1. The van der Waals surface area contributed by atoms with Gasteiger partial charge in [0.2, 0.25) is 0 Å². The third-order valence-corrected chi connectivity index (χ3v) is 2.89. The maximum absolute atomic E-state index is 10.9. The molecule has 0 aliphatic rings. The lowest BCUT2D eigenvalue weighted by Gasteiger charge is -2.27. The van der Waals surface area contributed by atoms with E-state index < -0.39 is 11.9 Å². The first-order valence-electron chi connectivity index (χ1n) is 6.35. The summed E-state index contributed by atoms with van der Waals surface area (Å²) in [5, 5.41) is 17.8. The Balaban J connectivity index is 3.01. The van der Waals surface area contributed by atoms with Crippen molar-refractivity contribution in [2.45, 2.75) is 19.9 Å². The highest BCUT2D eigenvalue weighted by atomic mass is 16.5. The molecule has 6 heteroatoms. The van der Waals surface area contributed by atoms with Crippen molar-refractivity contribution in [3.63, 3.8) is 0 Å². The molecule has 0 saturated heterocycles. The lowest BCUT2D eigenvalue weighted by Crippen LogP contribution is -2.36. The van der Waals surface area contributed by atoms with Gasteiger partial charge < -0.3 is 14.9 Å². The van der Waals surface area contributed by atoms with Crippen LogP contribution in [-0.4, -0.2) is 46.7 Å². The Labute approximate surface area is 117 Å². The Kier molecular flexibility index (Phi) is 5.99. The lowest BCUT2D eigenvalue weighted by atomic mass is 10.1. The lowest BCUT2D eigenvalue weighted by molar-refractivity contribution is -0.142. The number of carboxylic acids is 2. The second-order valence-electron chi connectivity index (χ2n) is 4.34. The van der Waals surface area contributed by atoms with Crippen molar-refractivity contribution in [2.75, 3.05) is 19.7 Å². The molecule has 0 heterocycles. The largest absolute Gasteiger partial charge is 0.494 e. The van der Waals surface area contributed by atoms with E-state index in [1.54, 1.807) is 13.0 Å². The highest BCUT2D eigenvalue weighted by Crippen LogP contribution is 2.28. The van der Waals surface area contributed by atoms with Crippen molar-refractivity contribution in [3.05, 3.63) is 29.8 Å². The molecule has 0 bridgehead atoms. The first-order chi connectivity index (χ1) is 9.45. The molecule has 0 fully saturated rings. The third kappa shape index (κ3) is 4.55. The number of aliphatic carboxylic acids is 2. The fourth-order valence-corrected chi connectivity index (χ4v) is 1.99. The predicted octanol–water partition coefficient (Wildman–Crippen LogP) is 1.62. The molecule has 1 atom stereocenters. The van der Waals surface area contributed by atoms with Crippen LogP contribution in [0.3, 0.4) is 0 Å². The number of nitrogens with zero attached hydrogens (tertiary/aromatic N) is 1. The Morgan fingerprint density at radius 1 is 1.20 bits per heavy atom. The van der Waals surface area contributed by atoms with Gasteiger partial charge in [0.15, 0.2) is 0 Å². The highest BCUT2D eigenvalue weighted by Gasteiger charge is 2.23. The molecular weight excluding hydrogens is 262 g/mol. The van der Waals surface area contributed by atoms with Crippen LogP contribution in [0.1, 0.15) is 25.5 Å². The zero-order valence-corrected chi connectivity index (χ0v) is 11.6. The highest BCUT2D eigenvalue weighted by molar-refractivity contribution is 5.72. The van der Waals surface area contributed by atoms with E-state index in [2.05, 4.69) is 0 Å². The van der Waals surface area contributed by atoms with Crippen molar-refractivity contribution in [2.24, 2.45) is 0 Å². The van der Waals surface area contributed by atoms with Gasteiger partial charge >= 0.3 is 11.9 Å². The molecule has 0 aliphatic heterocycles. The quantitative estimate of drug-likeness (QED) is 0.753. The molecule has 1 aromatic carbocycles. The van der Waals surface area contributed by atoms with Crippen molar-refractivity contribution in [1.29, 1.82) is 0 Å². The second-order valence-corrected chi connectivity index (χ2v) is 4.34. The summed E-state index contributed by atoms with van der Waals surface area (Å²) < 4.78 is 5.50. The van der Waals surface area contributed by atoms with E-state index in [4.69, 9.17) is 14.9 Å². The minimum atomic E-state index is -1.06. The number of ether oxygens (including phenoxy) is 1. The summed E-state index contributed by atoms with van der Waals surface area (Å²) in [6.07, 6.45) is 0. The van der Waals surface area contributed by atoms with E-state index in [-0.39, 0.29) is 19.1 Å². The average Bonchev–Trinajstić information content (AvgIpc) is 2.37. The molecule has 1 rings (SSSR count). The Morgan fingerprint density at radius 3 is 2.25 bits per heavy atom. The van der Waals surface area contributed by atoms with Gasteiger partial charge in [-0.05, 0) is 19.9 Å². The Morgan fingerprint density at radius 2 is 1.75 bits per heavy atom. The molecule has 0 aromatic heterocycles. The van der Waals surface area contributed by atoms with E-state index in [1.807, 2.05) is 25.1 Å². The van der Waals surface area contributed by atoms with Gasteiger partial charge in [0.05, 0.1) is 19.7 Å². The minimum Gasteiger partial charge on any atom is -0.494 e. The number of hydrogen-bond acceptors (Lipinski definition) is 4. The van der Waals surface area contributed by atoms with Crippen LogP contribution in [0.4, 0.5) is 0 Å². The Bertz CT molecular complexity index is 458. The molecule has 1 aromatic rings. The van der Waals surface area contributed by atoms with Crippen LogP contribution in [0.2, 0.25) is 0 Å². The maximum atomic E-state index is 10.9. The minimum absolute atomic E-state index is 0.339. The molecule has 0 aliphatic carbocycles. The summed E-state index contributed by atoms with van der Waals surface area (Å²) in [6, 6.07) is 6.86. The van der Waals surface area contributed by atoms with E-state index >= 15 is 0 Å². The number of rotatable bonds is 8. The second kappa shape index (κ2) is 7.49. The van der Waals surface area contributed by atoms with Gasteiger partial charge in [-0.15, -0.1) is 0 Å². The monoisotopic (exact) mass is 281 g/mol. The molecule has 0 radical (unpaired) electrons. The van der Waals surface area contributed by atoms with Crippen molar-refractivity contribution < 1.29 is 24.5 Å². The third-order valence-electron chi connectivity index (χ3n) is 2.89. The van der Waals surface area contributed by atoms with Gasteiger partial charge in [0.1, 0.15) is 5.75 Å². The zero-order valence-electron chi connectivity index (χ0n) is 11.6. The number of carboxylic acid groups (broad SMARTS) is 2. The predicted molar refractivity (Wildman–Crippen MR) is 72.9 cm³/mol. The molecule has 110 valence electrons. The maximum Gasteiger partial charge on any atom is 0.317 e. The van der Waals surface area contributed by atoms with Crippen LogP contribution in [0, 0.1) is 0 Å². The fraction of sp³-hybridized carbons (Fsp3) is 0.429. The van der Waals surface area contributed by atoms with Crippen LogP contribution < -0.4 is 4.74 Å². The van der Waals surface area contributed by atoms with Crippen molar-refractivity contribution in [3.8, 4) is 5.75 Å². The molecule has 6 nitrogen and oxygen atoms in total. The van der Waals surface area contributed by atoms with Crippen LogP contribution in [0.5, 0.6) is 5.75 Å². The summed E-state index contributed by atoms with van der Waals surface area (Å²) in [5.74, 6) is -1.48. The molecule has 0 saturated carbocycles. The standard InChI is InChI=1S/C14H19NO5/c1-3-20-12-7-5-4-6-11(12)10(2)15(8-13(16)17)9-14(18)19/h4-7,10H,3,8-9H2,1-2H3,(H,16,17)(H,18,19). The van der Waals surface area contributed by atoms with Crippen molar-refractivity contribution >= 4 is 11.9 Å². The average molecular weight is 281 g/mol. The van der Waals surface area contributed by atoms with Gasteiger partial charge in [0.25, 0.3) is 0 Å². The van der Waals surface area contributed by atoms with Crippen LogP contribution in [0.15, 0.2) is 24.3 Å². The van der Waals surface area contributed by atoms with Gasteiger partial charge in [0, 0.05) is 11.6 Å². The van der Waals surface area contributed by atoms with Gasteiger partial charge in [-0.3, -0.25) is 14.5 Å². The van der Waals surface area contributed by atoms with Gasteiger partial charge in [-0.2, -0.15) is 0 Å². The Hall–Kier alpha value is -2.08. The molecule has 0 spiro atoms. The summed E-state index contributed by atoms with van der Waals surface area (Å²) in [7, 11) is 0. The summed E-state index contributed by atoms with van der Waals surface area (Å²) in [6.45, 7) is 3.43. The van der Waals surface area contributed by atoms with Gasteiger partial charge in [-0.1, -0.05) is 18.2 Å². The molecule has 2 N–H and O–H groups in total. The SMILES string of the molecule is CCOc1ccccc1C(C)N(CC(=O)O)CC(=O)O. The van der Waals surface area contributed by atoms with Crippen LogP contribution in [0.25, 0.3) is 0 Å². The summed E-state index contributed by atoms with van der Waals surface area (Å²) >= 11 is 0. The molecular formula is C14H19NO5. The molecule has 20 heavy (non-hydrogen) atoms. The fourth-order valence-electron chi connectivity index (χ4n) is 1.99. The number of para-hydroxylation sites is 1. The first kappa shape index (κ1) is 16.0. The smallest absolute Gasteiger partial charge is 0.317 e. The van der Waals surface area contributed by atoms with Crippen LogP contribution >= 0.6 is 0 Å². The number of benzene rings is 1. The van der Waals surface area contributed by atoms with Crippen molar-refractivity contribution in [1.82, 2.24) is 4.90 Å². The van der Waals surface area contributed by atoms with E-state index in [9.17, 15) is 9.59 Å². The normalized spacial score (nSPS) is 12.2. The number of carbonyl (C=O) groups is 2. The molecule has 1 unspecified atom stereocenters. The summed E-state index contributed by atoms with van der Waals surface area (Å²) in [4.78, 5) is 23.1. The first-order valence-corrected chi connectivity index (χ1v) is 6.35. The van der Waals surface area contributed by atoms with E-state index in [0.717, 1.165) is 5.56 Å². The summed E-state index contributed by atoms with van der Waals surface area (Å²) in [5.41, 5.74) is 0.775. The number of hydrogen-bond donors (Lipinski definition) is 2. The van der Waals surface area contributed by atoms with Gasteiger partial charge in [-0.25, -0.2) is 0 Å². The van der Waals surface area contributed by atoms with E-state index in [0.29, 0.717) is 12.4 Å². The topological polar surface area (TPSA) is 87.1 Å².